The molecule has 2 aromatic carbocycles. The van der Waals surface area contributed by atoms with E-state index in [0.717, 1.165) is 12.8 Å². The van der Waals surface area contributed by atoms with Gasteiger partial charge in [-0.15, -0.1) is 0 Å². The van der Waals surface area contributed by atoms with Crippen LogP contribution in [0.25, 0.3) is 0 Å². The summed E-state index contributed by atoms with van der Waals surface area (Å²) in [5, 5.41) is 2.78. The van der Waals surface area contributed by atoms with Crippen molar-refractivity contribution in [1.29, 1.82) is 0 Å². The highest BCUT2D eigenvalue weighted by atomic mass is 16.5. The van der Waals surface area contributed by atoms with E-state index in [1.165, 1.54) is 19.3 Å². The summed E-state index contributed by atoms with van der Waals surface area (Å²) < 4.78 is 11.2. The number of rotatable bonds is 6. The first kappa shape index (κ1) is 22.7. The molecule has 2 aliphatic rings. The van der Waals surface area contributed by atoms with E-state index in [1.54, 1.807) is 55.5 Å². The molecule has 1 fully saturated rings. The quantitative estimate of drug-likeness (QED) is 0.503. The number of carbonyl (C=O) groups excluding carboxylic acids is 3. The zero-order valence-electron chi connectivity index (χ0n) is 18.7. The highest BCUT2D eigenvalue weighted by Gasteiger charge is 2.38. The van der Waals surface area contributed by atoms with Crippen LogP contribution in [0.4, 0.5) is 4.79 Å². The Balaban J connectivity index is 1.50. The van der Waals surface area contributed by atoms with Gasteiger partial charge >= 0.3 is 18.0 Å². The van der Waals surface area contributed by atoms with Crippen molar-refractivity contribution in [2.45, 2.75) is 45.1 Å². The summed E-state index contributed by atoms with van der Waals surface area (Å²) in [5.41, 5.74) is 1.47. The Morgan fingerprint density at radius 2 is 1.79 bits per heavy atom. The lowest BCUT2D eigenvalue weighted by Crippen LogP contribution is -2.44. The van der Waals surface area contributed by atoms with Gasteiger partial charge in [0.1, 0.15) is 11.7 Å². The topological polar surface area (TPSA) is 94.1 Å². The van der Waals surface area contributed by atoms with Crippen molar-refractivity contribution in [2.24, 2.45) is 16.8 Å². The predicted molar refractivity (Wildman–Crippen MR) is 123 cm³/mol. The van der Waals surface area contributed by atoms with Crippen LogP contribution in [0.15, 0.2) is 59.6 Å². The van der Waals surface area contributed by atoms with Gasteiger partial charge in [0.15, 0.2) is 0 Å². The molecule has 2 aromatic rings. The third-order valence-corrected chi connectivity index (χ3v) is 6.22. The van der Waals surface area contributed by atoms with E-state index in [1.807, 2.05) is 6.07 Å². The number of esters is 2. The normalized spacial score (nSPS) is 21.0. The summed E-state index contributed by atoms with van der Waals surface area (Å²) >= 11 is 0. The van der Waals surface area contributed by atoms with E-state index in [-0.39, 0.29) is 0 Å². The molecule has 0 spiro atoms. The molecule has 0 bridgehead atoms. The second-order valence-electron chi connectivity index (χ2n) is 8.62. The summed E-state index contributed by atoms with van der Waals surface area (Å²) in [4.78, 5) is 41.6. The zero-order valence-corrected chi connectivity index (χ0v) is 18.7. The van der Waals surface area contributed by atoms with Crippen LogP contribution in [0.5, 0.6) is 5.75 Å². The molecular weight excluding hydrogens is 420 g/mol. The Hall–Kier alpha value is -3.48. The number of nitrogens with zero attached hydrogens (tertiary/aromatic N) is 1. The maximum absolute atomic E-state index is 13.0. The molecule has 172 valence electrons. The van der Waals surface area contributed by atoms with E-state index in [9.17, 15) is 14.4 Å². The molecule has 4 rings (SSSR count). The van der Waals surface area contributed by atoms with Crippen molar-refractivity contribution in [3.8, 4) is 5.75 Å². The maximum Gasteiger partial charge on any atom is 0.343 e. The van der Waals surface area contributed by atoms with Gasteiger partial charge < -0.3 is 14.8 Å². The van der Waals surface area contributed by atoms with Gasteiger partial charge in [0.05, 0.1) is 18.2 Å². The van der Waals surface area contributed by atoms with Gasteiger partial charge in [-0.2, -0.15) is 0 Å². The van der Waals surface area contributed by atoms with Crippen LogP contribution in [0, 0.1) is 11.8 Å². The largest absolute Gasteiger partial charge is 0.465 e. The van der Waals surface area contributed by atoms with Crippen molar-refractivity contribution in [2.75, 3.05) is 6.61 Å². The van der Waals surface area contributed by atoms with Crippen LogP contribution in [0.2, 0.25) is 0 Å². The van der Waals surface area contributed by atoms with Crippen LogP contribution >= 0.6 is 0 Å². The second-order valence-corrected chi connectivity index (χ2v) is 8.62. The maximum atomic E-state index is 13.0. The summed E-state index contributed by atoms with van der Waals surface area (Å²) in [7, 11) is 0. The van der Waals surface area contributed by atoms with Crippen molar-refractivity contribution >= 4 is 23.7 Å². The smallest absolute Gasteiger partial charge is 0.343 e. The minimum Gasteiger partial charge on any atom is -0.465 e. The summed E-state index contributed by atoms with van der Waals surface area (Å²) in [6.45, 7) is 2.05. The molecule has 7 heteroatoms. The standard InChI is InChI=1S/C26H28N2O5/c1-17-22(25(30)32-16-18-9-4-2-5-10-18)23(28-26(31)27-17)20-13-8-14-21(15-20)33-24(29)19-11-6-3-7-12-19/h3,6-8,11-15,18,22-23H,2,4-5,9-10,16H2,1H3,(H,28,31). The molecule has 0 saturated heterocycles. The molecule has 0 aromatic heterocycles. The van der Waals surface area contributed by atoms with E-state index < -0.39 is 29.9 Å². The molecule has 1 N–H and O–H groups in total. The Labute approximate surface area is 193 Å². The number of nitrogens with one attached hydrogen (secondary N) is 1. The fourth-order valence-electron chi connectivity index (χ4n) is 4.46. The van der Waals surface area contributed by atoms with Crippen LogP contribution in [-0.4, -0.2) is 30.3 Å². The summed E-state index contributed by atoms with van der Waals surface area (Å²) in [6.07, 6.45) is 5.71. The number of urea groups is 1. The number of hydrogen-bond donors (Lipinski definition) is 1. The lowest BCUT2D eigenvalue weighted by molar-refractivity contribution is -0.148. The molecule has 1 heterocycles. The Kier molecular flexibility index (Phi) is 7.17. The summed E-state index contributed by atoms with van der Waals surface area (Å²) in [6, 6.07) is 14.3. The number of ether oxygens (including phenoxy) is 2. The fraction of sp³-hybridized carbons (Fsp3) is 0.385. The van der Waals surface area contributed by atoms with Crippen LogP contribution < -0.4 is 10.1 Å². The first-order valence-corrected chi connectivity index (χ1v) is 11.4. The Bertz CT molecular complexity index is 1040. The lowest BCUT2D eigenvalue weighted by atomic mass is 9.87. The number of aliphatic imine (C=N–C) groups is 1. The number of benzene rings is 2. The van der Waals surface area contributed by atoms with Crippen molar-refractivity contribution in [3.63, 3.8) is 0 Å². The third kappa shape index (κ3) is 5.66. The SMILES string of the molecule is CC1=NC(=O)NC(c2cccc(OC(=O)c3ccccc3)c2)C1C(=O)OCC1CCCCC1. The van der Waals surface area contributed by atoms with E-state index >= 15 is 0 Å². The van der Waals surface area contributed by atoms with Gasteiger partial charge in [0.2, 0.25) is 0 Å². The molecule has 2 atom stereocenters. The monoisotopic (exact) mass is 448 g/mol. The molecule has 1 aliphatic carbocycles. The highest BCUT2D eigenvalue weighted by molar-refractivity contribution is 6.08. The molecule has 1 saturated carbocycles. The average molecular weight is 449 g/mol. The van der Waals surface area contributed by atoms with E-state index in [4.69, 9.17) is 9.47 Å². The van der Waals surface area contributed by atoms with Gasteiger partial charge in [0.25, 0.3) is 0 Å². The lowest BCUT2D eigenvalue weighted by Gasteiger charge is -2.30. The number of amides is 2. The van der Waals surface area contributed by atoms with Crippen LogP contribution in [0.1, 0.15) is 61.0 Å². The molecule has 0 radical (unpaired) electrons. The minimum absolute atomic E-state index is 0.324. The van der Waals surface area contributed by atoms with E-state index in [2.05, 4.69) is 10.3 Å². The molecule has 1 aliphatic heterocycles. The van der Waals surface area contributed by atoms with Gasteiger partial charge in [-0.05, 0) is 55.5 Å². The molecular formula is C26H28N2O5. The van der Waals surface area contributed by atoms with Gasteiger partial charge in [-0.1, -0.05) is 49.6 Å². The third-order valence-electron chi connectivity index (χ3n) is 6.22. The predicted octanol–water partition coefficient (Wildman–Crippen LogP) is 4.87. The fourth-order valence-corrected chi connectivity index (χ4v) is 4.46. The average Bonchev–Trinajstić information content (AvgIpc) is 2.83. The van der Waals surface area contributed by atoms with Gasteiger partial charge in [-0.3, -0.25) is 4.79 Å². The molecule has 2 unspecified atom stereocenters. The highest BCUT2D eigenvalue weighted by Crippen LogP contribution is 2.31. The first-order valence-electron chi connectivity index (χ1n) is 11.4. The van der Waals surface area contributed by atoms with Crippen molar-refractivity contribution < 1.29 is 23.9 Å². The van der Waals surface area contributed by atoms with Crippen LogP contribution in [0.3, 0.4) is 0 Å². The molecule has 7 nitrogen and oxygen atoms in total. The molecule has 2 amide bonds. The van der Waals surface area contributed by atoms with Crippen LogP contribution in [-0.2, 0) is 9.53 Å². The Morgan fingerprint density at radius 1 is 1.03 bits per heavy atom. The van der Waals surface area contributed by atoms with Gasteiger partial charge in [-0.25, -0.2) is 14.6 Å². The van der Waals surface area contributed by atoms with Crippen molar-refractivity contribution in [1.82, 2.24) is 5.32 Å². The zero-order chi connectivity index (χ0) is 23.2. The molecule has 33 heavy (non-hydrogen) atoms. The van der Waals surface area contributed by atoms with Gasteiger partial charge in [0, 0.05) is 5.71 Å². The Morgan fingerprint density at radius 3 is 2.55 bits per heavy atom. The second kappa shape index (κ2) is 10.4. The van der Waals surface area contributed by atoms with Crippen molar-refractivity contribution in [3.05, 3.63) is 65.7 Å². The first-order chi connectivity index (χ1) is 16.0. The van der Waals surface area contributed by atoms with E-state index in [0.29, 0.717) is 35.1 Å². The summed E-state index contributed by atoms with van der Waals surface area (Å²) in [5.74, 6) is -0.922. The number of carbonyl (C=O) groups is 3. The number of hydrogen-bond acceptors (Lipinski definition) is 5. The minimum atomic E-state index is -0.744.